The first-order valence-corrected chi connectivity index (χ1v) is 16.9. The monoisotopic (exact) mass is 721 g/mol. The fourth-order valence-electron chi connectivity index (χ4n) is 5.35. The molecule has 0 radical (unpaired) electrons. The third kappa shape index (κ3) is 8.60. The van der Waals surface area contributed by atoms with Gasteiger partial charge in [-0.25, -0.2) is 23.5 Å². The number of carbonyl (C=O) groups is 2. The summed E-state index contributed by atoms with van der Waals surface area (Å²) in [5, 5.41) is 21.7. The quantitative estimate of drug-likeness (QED) is 0.112. The third-order valence-electron chi connectivity index (χ3n) is 8.35. The van der Waals surface area contributed by atoms with Gasteiger partial charge < -0.3 is 25.6 Å². The number of amides is 1. The van der Waals surface area contributed by atoms with Crippen molar-refractivity contribution >= 4 is 29.2 Å². The molecule has 0 spiro atoms. The van der Waals surface area contributed by atoms with Crippen molar-refractivity contribution < 1.29 is 37.5 Å². The second-order valence-corrected chi connectivity index (χ2v) is 12.7. The summed E-state index contributed by atoms with van der Waals surface area (Å²) >= 11 is 1.29. The van der Waals surface area contributed by atoms with Crippen molar-refractivity contribution in [2.24, 2.45) is 5.73 Å². The number of likely N-dealkylation sites (N-methyl/N-ethyl adjacent to an activating group) is 1. The number of anilines is 1. The normalized spacial score (nSPS) is 13.6. The molecule has 0 bridgehead atoms. The third-order valence-corrected chi connectivity index (χ3v) is 9.38. The van der Waals surface area contributed by atoms with E-state index in [9.17, 15) is 19.1 Å². The molecule has 0 aliphatic carbocycles. The second-order valence-electron chi connectivity index (χ2n) is 11.9. The Kier molecular flexibility index (Phi) is 11.8. The number of aliphatic hydroxyl groups is 1. The first kappa shape index (κ1) is 37.1. The van der Waals surface area contributed by atoms with Gasteiger partial charge in [0.15, 0.2) is 0 Å². The van der Waals surface area contributed by atoms with Crippen LogP contribution in [0.5, 0.6) is 0 Å². The summed E-state index contributed by atoms with van der Waals surface area (Å²) in [7, 11) is 3.09. The Morgan fingerprint density at radius 2 is 1.94 bits per heavy atom. The average Bonchev–Trinajstić information content (AvgIpc) is 3.82. The van der Waals surface area contributed by atoms with Crippen LogP contribution in [0.3, 0.4) is 0 Å². The second kappa shape index (κ2) is 16.2. The van der Waals surface area contributed by atoms with E-state index in [1.807, 2.05) is 29.6 Å². The van der Waals surface area contributed by atoms with Gasteiger partial charge in [0.2, 0.25) is 12.6 Å². The topological polar surface area (TPSA) is 162 Å². The van der Waals surface area contributed by atoms with E-state index in [1.165, 1.54) is 51.4 Å². The Morgan fingerprint density at radius 1 is 1.18 bits per heavy atom. The zero-order valence-corrected chi connectivity index (χ0v) is 29.3. The lowest BCUT2D eigenvalue weighted by molar-refractivity contribution is -0.753. The maximum absolute atomic E-state index is 15.3. The number of carbonyl (C=O) groups excluding carboxylic acids is 2. The van der Waals surface area contributed by atoms with Crippen LogP contribution in [0.4, 0.5) is 19.4 Å². The molecule has 1 unspecified atom stereocenters. The van der Waals surface area contributed by atoms with E-state index in [4.69, 9.17) is 20.2 Å². The van der Waals surface area contributed by atoms with E-state index in [0.29, 0.717) is 22.8 Å². The predicted octanol–water partition coefficient (Wildman–Crippen LogP) is 4.17. The molecular formula is C35H39F2N8O5S+. The largest absolute Gasteiger partial charge is 0.460 e. The summed E-state index contributed by atoms with van der Waals surface area (Å²) in [5.41, 5.74) is 6.42. The molecule has 0 aliphatic heterocycles. The number of rotatable bonds is 14. The Hall–Kier alpha value is -5.16. The van der Waals surface area contributed by atoms with Crippen molar-refractivity contribution in [2.75, 3.05) is 25.5 Å². The van der Waals surface area contributed by atoms with Gasteiger partial charge in [-0.1, -0.05) is 37.3 Å². The molecule has 0 aliphatic rings. The lowest BCUT2D eigenvalue weighted by Crippen LogP contribution is -2.42. The first-order chi connectivity index (χ1) is 24.4. The molecule has 1 amide bonds. The fourth-order valence-corrected chi connectivity index (χ4v) is 6.32. The van der Waals surface area contributed by atoms with Crippen molar-refractivity contribution in [3.63, 3.8) is 0 Å². The highest BCUT2D eigenvalue weighted by molar-refractivity contribution is 7.10. The number of hydrogen-bond acceptors (Lipinski definition) is 11. The van der Waals surface area contributed by atoms with E-state index in [1.54, 1.807) is 33.0 Å². The minimum atomic E-state index is -2.01. The summed E-state index contributed by atoms with van der Waals surface area (Å²) in [6, 6.07) is 13.9. The zero-order valence-electron chi connectivity index (χ0n) is 28.5. The highest BCUT2D eigenvalue weighted by Gasteiger charge is 2.43. The average molecular weight is 722 g/mol. The molecule has 3 atom stereocenters. The summed E-state index contributed by atoms with van der Waals surface area (Å²) in [5.74, 6) is -2.56. The smallest absolute Gasteiger partial charge is 0.418 e. The Balaban J connectivity index is 1.35. The number of ether oxygens (including phenoxy) is 2. The molecule has 5 rings (SSSR count). The van der Waals surface area contributed by atoms with Gasteiger partial charge in [0.05, 0.1) is 17.2 Å². The number of hydrogen-bond donors (Lipinski definition) is 3. The minimum Gasteiger partial charge on any atom is -0.460 e. The number of nitrogens with two attached hydrogens (primary N) is 1. The van der Waals surface area contributed by atoms with Crippen molar-refractivity contribution in [3.8, 4) is 11.3 Å². The van der Waals surface area contributed by atoms with Gasteiger partial charge in [-0.2, -0.15) is 4.57 Å². The maximum Gasteiger partial charge on any atom is 0.418 e. The standard InChI is InChI=1S/C35H39F2N8O5S/c1-22(33-42-30(18-51-33)25-9-7-24(15-38)8-10-25)35(48,28-14-27(36)11-12-29(28)37)19-45-21-44(20-41-45)23(2)50-34(47)43(4)32-26(6-5-13-40-32)17-49-31(46)16-39-3/h5-14,18,20-23,39,48H,15-17,19,38H2,1-4H3/q+1/t22-,23?,35+/m0/s1. The number of benzene rings is 2. The lowest BCUT2D eigenvalue weighted by Gasteiger charge is -2.32. The van der Waals surface area contributed by atoms with Crippen LogP contribution < -0.4 is 20.5 Å². The number of halogens is 2. The van der Waals surface area contributed by atoms with Crippen LogP contribution in [0.25, 0.3) is 11.3 Å². The van der Waals surface area contributed by atoms with Gasteiger partial charge in [0.25, 0.3) is 6.33 Å². The van der Waals surface area contributed by atoms with Gasteiger partial charge in [-0.05, 0) is 36.9 Å². The van der Waals surface area contributed by atoms with Crippen molar-refractivity contribution in [1.82, 2.24) is 25.1 Å². The van der Waals surface area contributed by atoms with Crippen LogP contribution in [-0.4, -0.2) is 57.6 Å². The Labute approximate surface area is 297 Å². The van der Waals surface area contributed by atoms with Gasteiger partial charge in [0.1, 0.15) is 36.2 Å². The highest BCUT2D eigenvalue weighted by atomic mass is 32.1. The molecule has 5 aromatic rings. The molecule has 268 valence electrons. The molecule has 0 saturated heterocycles. The molecule has 0 fully saturated rings. The molecule has 0 saturated carbocycles. The van der Waals surface area contributed by atoms with E-state index < -0.39 is 41.4 Å². The molecule has 51 heavy (non-hydrogen) atoms. The van der Waals surface area contributed by atoms with Crippen LogP contribution >= 0.6 is 11.3 Å². The summed E-state index contributed by atoms with van der Waals surface area (Å²) in [4.78, 5) is 35.2. The number of esters is 1. The summed E-state index contributed by atoms with van der Waals surface area (Å²) < 4.78 is 43.6. The number of nitrogens with one attached hydrogen (secondary N) is 1. The lowest BCUT2D eigenvalue weighted by atomic mass is 9.82. The SMILES string of the molecule is CNCC(=O)OCc1cccnc1N(C)C(=O)OC(C)[n+]1cnn(C[C@](O)(c2cc(F)ccc2F)[C@@H](C)c2nc(-c3ccc(CN)cc3)cs2)c1. The van der Waals surface area contributed by atoms with E-state index in [-0.39, 0.29) is 31.1 Å². The molecule has 2 aromatic carbocycles. The summed E-state index contributed by atoms with van der Waals surface area (Å²) in [6.45, 7) is 3.33. The number of nitrogens with zero attached hydrogens (tertiary/aromatic N) is 6. The predicted molar refractivity (Wildman–Crippen MR) is 184 cm³/mol. The van der Waals surface area contributed by atoms with Crippen molar-refractivity contribution in [3.05, 3.63) is 112 Å². The molecule has 16 heteroatoms. The van der Waals surface area contributed by atoms with Gasteiger partial charge in [-0.3, -0.25) is 9.69 Å². The molecule has 3 heterocycles. The van der Waals surface area contributed by atoms with E-state index in [0.717, 1.165) is 29.3 Å². The van der Waals surface area contributed by atoms with Crippen LogP contribution in [0.15, 0.2) is 78.8 Å². The van der Waals surface area contributed by atoms with Crippen molar-refractivity contribution in [1.29, 1.82) is 0 Å². The summed E-state index contributed by atoms with van der Waals surface area (Å²) in [6.07, 6.45) is 2.71. The van der Waals surface area contributed by atoms with Crippen LogP contribution in [0, 0.1) is 11.6 Å². The van der Waals surface area contributed by atoms with Gasteiger partial charge in [-0.15, -0.1) is 16.0 Å². The maximum atomic E-state index is 15.3. The zero-order chi connectivity index (χ0) is 36.7. The van der Waals surface area contributed by atoms with Crippen LogP contribution in [-0.2, 0) is 39.6 Å². The number of thiazole rings is 1. The first-order valence-electron chi connectivity index (χ1n) is 16.0. The number of aromatic nitrogens is 5. The van der Waals surface area contributed by atoms with Crippen LogP contribution in [0.2, 0.25) is 0 Å². The molecular weight excluding hydrogens is 682 g/mol. The minimum absolute atomic E-state index is 0.0279. The Bertz CT molecular complexity index is 1970. The fraction of sp³-hybridized carbons (Fsp3) is 0.314. The van der Waals surface area contributed by atoms with E-state index >= 15 is 4.39 Å². The number of pyridine rings is 1. The molecule has 13 nitrogen and oxygen atoms in total. The Morgan fingerprint density at radius 3 is 2.67 bits per heavy atom. The van der Waals surface area contributed by atoms with E-state index in [2.05, 4.69) is 15.4 Å². The van der Waals surface area contributed by atoms with Gasteiger partial charge in [0, 0.05) is 59.8 Å². The molecule has 3 aromatic heterocycles. The highest BCUT2D eigenvalue weighted by Crippen LogP contribution is 2.41. The van der Waals surface area contributed by atoms with Gasteiger partial charge >= 0.3 is 12.1 Å². The molecule has 4 N–H and O–H groups in total. The van der Waals surface area contributed by atoms with Crippen LogP contribution in [0.1, 0.15) is 47.7 Å². The van der Waals surface area contributed by atoms with Crippen molar-refractivity contribution in [2.45, 2.75) is 51.3 Å².